The van der Waals surface area contributed by atoms with E-state index in [1.54, 1.807) is 24.3 Å². The lowest BCUT2D eigenvalue weighted by molar-refractivity contribution is 0.475. The van der Waals surface area contributed by atoms with E-state index in [1.165, 1.54) is 0 Å². The van der Waals surface area contributed by atoms with Crippen LogP contribution in [0.15, 0.2) is 28.7 Å². The zero-order valence-electron chi connectivity index (χ0n) is 4.54. The van der Waals surface area contributed by atoms with Gasteiger partial charge in [0.25, 0.3) is 0 Å². The summed E-state index contributed by atoms with van der Waals surface area (Å²) in [5.41, 5.74) is 0. The predicted molar refractivity (Wildman–Crippen MR) is 46.1 cm³/mol. The van der Waals surface area contributed by atoms with E-state index >= 15 is 0 Å². The SMILES string of the molecule is Br.Oc1ccc(Br)cc1. The van der Waals surface area contributed by atoms with Crippen LogP contribution in [0.2, 0.25) is 0 Å². The van der Waals surface area contributed by atoms with Gasteiger partial charge in [0.05, 0.1) is 0 Å². The van der Waals surface area contributed by atoms with E-state index in [0.29, 0.717) is 5.75 Å². The molecule has 50 valence electrons. The molecule has 9 heavy (non-hydrogen) atoms. The summed E-state index contributed by atoms with van der Waals surface area (Å²) in [4.78, 5) is 0. The lowest BCUT2D eigenvalue weighted by Gasteiger charge is -1.87. The Hall–Kier alpha value is -0.0200. The molecule has 1 nitrogen and oxygen atoms in total. The molecule has 0 amide bonds. The van der Waals surface area contributed by atoms with E-state index in [-0.39, 0.29) is 17.0 Å². The monoisotopic (exact) mass is 252 g/mol. The topological polar surface area (TPSA) is 20.2 Å². The number of hydrogen-bond donors (Lipinski definition) is 1. The maximum absolute atomic E-state index is 8.74. The average molecular weight is 254 g/mol. The number of phenols is 1. The second-order valence-electron chi connectivity index (χ2n) is 1.48. The Morgan fingerprint density at radius 1 is 1.11 bits per heavy atom. The van der Waals surface area contributed by atoms with E-state index in [1.807, 2.05) is 0 Å². The van der Waals surface area contributed by atoms with Crippen molar-refractivity contribution in [3.05, 3.63) is 28.7 Å². The molecule has 0 aliphatic carbocycles. The first kappa shape index (κ1) is 8.98. The minimum atomic E-state index is 0. The van der Waals surface area contributed by atoms with Crippen LogP contribution in [0, 0.1) is 0 Å². The van der Waals surface area contributed by atoms with Crippen molar-refractivity contribution in [2.75, 3.05) is 0 Å². The maximum atomic E-state index is 8.74. The second-order valence-corrected chi connectivity index (χ2v) is 2.39. The van der Waals surface area contributed by atoms with Crippen LogP contribution < -0.4 is 0 Å². The van der Waals surface area contributed by atoms with Gasteiger partial charge in [-0.1, -0.05) is 15.9 Å². The molecule has 0 heterocycles. The van der Waals surface area contributed by atoms with Crippen molar-refractivity contribution in [2.45, 2.75) is 0 Å². The first-order chi connectivity index (χ1) is 3.79. The van der Waals surface area contributed by atoms with E-state index in [0.717, 1.165) is 4.47 Å². The predicted octanol–water partition coefficient (Wildman–Crippen LogP) is 2.73. The first-order valence-corrected chi connectivity index (χ1v) is 3.03. The third-order valence-corrected chi connectivity index (χ3v) is 1.36. The molecular formula is C6H6Br2O. The van der Waals surface area contributed by atoms with Gasteiger partial charge in [-0.25, -0.2) is 0 Å². The van der Waals surface area contributed by atoms with Crippen molar-refractivity contribution in [3.8, 4) is 5.75 Å². The van der Waals surface area contributed by atoms with Gasteiger partial charge >= 0.3 is 0 Å². The summed E-state index contributed by atoms with van der Waals surface area (Å²) >= 11 is 3.23. The highest BCUT2D eigenvalue weighted by Gasteiger charge is 1.83. The zero-order chi connectivity index (χ0) is 5.98. The Morgan fingerprint density at radius 2 is 1.56 bits per heavy atom. The van der Waals surface area contributed by atoms with Crippen LogP contribution in [0.4, 0.5) is 0 Å². The first-order valence-electron chi connectivity index (χ1n) is 2.23. The number of benzene rings is 1. The number of rotatable bonds is 0. The van der Waals surface area contributed by atoms with Crippen molar-refractivity contribution < 1.29 is 5.11 Å². The van der Waals surface area contributed by atoms with Crippen molar-refractivity contribution in [2.24, 2.45) is 0 Å². The molecule has 1 aromatic rings. The van der Waals surface area contributed by atoms with Crippen LogP contribution in [-0.2, 0) is 0 Å². The van der Waals surface area contributed by atoms with E-state index in [2.05, 4.69) is 15.9 Å². The highest BCUT2D eigenvalue weighted by Crippen LogP contribution is 2.13. The largest absolute Gasteiger partial charge is 0.508 e. The van der Waals surface area contributed by atoms with Crippen LogP contribution in [0.1, 0.15) is 0 Å². The van der Waals surface area contributed by atoms with Crippen molar-refractivity contribution in [1.82, 2.24) is 0 Å². The third-order valence-electron chi connectivity index (χ3n) is 0.827. The molecule has 1 N–H and O–H groups in total. The molecule has 0 unspecified atom stereocenters. The van der Waals surface area contributed by atoms with Crippen molar-refractivity contribution in [3.63, 3.8) is 0 Å². The molecule has 0 saturated carbocycles. The van der Waals surface area contributed by atoms with E-state index < -0.39 is 0 Å². The fraction of sp³-hybridized carbons (Fsp3) is 0. The molecule has 0 radical (unpaired) electrons. The normalized spacial score (nSPS) is 8.11. The van der Waals surface area contributed by atoms with E-state index in [4.69, 9.17) is 5.11 Å². The maximum Gasteiger partial charge on any atom is 0.115 e. The molecule has 0 bridgehead atoms. The van der Waals surface area contributed by atoms with Gasteiger partial charge < -0.3 is 5.11 Å². The van der Waals surface area contributed by atoms with Gasteiger partial charge in [0, 0.05) is 4.47 Å². The van der Waals surface area contributed by atoms with Gasteiger partial charge in [-0.3, -0.25) is 0 Å². The van der Waals surface area contributed by atoms with Crippen molar-refractivity contribution >= 4 is 32.9 Å². The highest BCUT2D eigenvalue weighted by atomic mass is 79.9. The summed E-state index contributed by atoms with van der Waals surface area (Å²) in [6, 6.07) is 6.83. The summed E-state index contributed by atoms with van der Waals surface area (Å²) in [6.45, 7) is 0. The molecule has 0 saturated heterocycles. The average Bonchev–Trinajstić information content (AvgIpc) is 1.77. The van der Waals surface area contributed by atoms with Crippen LogP contribution in [0.5, 0.6) is 5.75 Å². The number of phenolic OH excluding ortho intramolecular Hbond substituents is 1. The summed E-state index contributed by atoms with van der Waals surface area (Å²) in [5, 5.41) is 8.74. The van der Waals surface area contributed by atoms with Crippen molar-refractivity contribution in [1.29, 1.82) is 0 Å². The van der Waals surface area contributed by atoms with Crippen LogP contribution in [0.25, 0.3) is 0 Å². The minimum absolute atomic E-state index is 0. The fourth-order valence-electron chi connectivity index (χ4n) is 0.441. The quantitative estimate of drug-likeness (QED) is 0.754. The smallest absolute Gasteiger partial charge is 0.115 e. The summed E-state index contributed by atoms with van der Waals surface area (Å²) < 4.78 is 0.982. The summed E-state index contributed by atoms with van der Waals surface area (Å²) in [7, 11) is 0. The zero-order valence-corrected chi connectivity index (χ0v) is 7.84. The Balaban J connectivity index is 0.000000640. The standard InChI is InChI=1S/C6H5BrO.BrH/c7-5-1-3-6(8)4-2-5;/h1-4,8H;1H. The minimum Gasteiger partial charge on any atom is -0.508 e. The lowest BCUT2D eigenvalue weighted by atomic mass is 10.3. The van der Waals surface area contributed by atoms with Crippen LogP contribution >= 0.6 is 32.9 Å². The Bertz CT molecular complexity index is 150. The van der Waals surface area contributed by atoms with Gasteiger partial charge in [-0.2, -0.15) is 0 Å². The van der Waals surface area contributed by atoms with Gasteiger partial charge in [0.2, 0.25) is 0 Å². The van der Waals surface area contributed by atoms with Gasteiger partial charge in [0.1, 0.15) is 5.75 Å². The van der Waals surface area contributed by atoms with Gasteiger partial charge in [0.15, 0.2) is 0 Å². The summed E-state index contributed by atoms with van der Waals surface area (Å²) in [5.74, 6) is 0.299. The molecule has 0 atom stereocenters. The van der Waals surface area contributed by atoms with Crippen LogP contribution in [-0.4, -0.2) is 5.11 Å². The molecule has 0 spiro atoms. The molecule has 0 aliphatic heterocycles. The Morgan fingerprint density at radius 3 is 1.89 bits per heavy atom. The molecule has 0 aromatic heterocycles. The van der Waals surface area contributed by atoms with Gasteiger partial charge in [-0.05, 0) is 24.3 Å². The molecule has 3 heteroatoms. The molecule has 0 fully saturated rings. The number of aromatic hydroxyl groups is 1. The summed E-state index contributed by atoms with van der Waals surface area (Å²) in [6.07, 6.45) is 0. The van der Waals surface area contributed by atoms with Crippen LogP contribution in [0.3, 0.4) is 0 Å². The Kier molecular flexibility index (Phi) is 3.89. The highest BCUT2D eigenvalue weighted by molar-refractivity contribution is 9.10. The molecular weight excluding hydrogens is 248 g/mol. The number of halogens is 2. The molecule has 1 aromatic carbocycles. The van der Waals surface area contributed by atoms with Gasteiger partial charge in [-0.15, -0.1) is 17.0 Å². The second kappa shape index (κ2) is 3.90. The number of hydrogen-bond acceptors (Lipinski definition) is 1. The Labute approximate surface area is 72.6 Å². The fourth-order valence-corrected chi connectivity index (χ4v) is 0.705. The third kappa shape index (κ3) is 2.87. The molecule has 1 rings (SSSR count). The molecule has 0 aliphatic rings. The van der Waals surface area contributed by atoms with E-state index in [9.17, 15) is 0 Å². The lowest BCUT2D eigenvalue weighted by Crippen LogP contribution is -1.61.